The summed E-state index contributed by atoms with van der Waals surface area (Å²) in [6.07, 6.45) is 0. The van der Waals surface area contributed by atoms with E-state index in [-0.39, 0.29) is 0 Å². The van der Waals surface area contributed by atoms with Crippen molar-refractivity contribution in [2.45, 2.75) is 0 Å². The number of rotatable bonds is 6. The summed E-state index contributed by atoms with van der Waals surface area (Å²) in [6, 6.07) is 67.5. The molecule has 0 saturated carbocycles. The van der Waals surface area contributed by atoms with Gasteiger partial charge in [0.15, 0.2) is 17.5 Å². The van der Waals surface area contributed by atoms with Gasteiger partial charge in [0, 0.05) is 43.9 Å². The molecule has 0 amide bonds. The highest BCUT2D eigenvalue weighted by Gasteiger charge is 2.17. The minimum Gasteiger partial charge on any atom is -0.456 e. The lowest BCUT2D eigenvalue weighted by molar-refractivity contribution is 0.669. The Hall–Kier alpha value is -7.63. The Kier molecular flexibility index (Phi) is 7.42. The molecular formula is C51H32N4O. The number of aromatic nitrogens is 4. The third-order valence-corrected chi connectivity index (χ3v) is 10.7. The van der Waals surface area contributed by atoms with Gasteiger partial charge in [-0.25, -0.2) is 15.0 Å². The van der Waals surface area contributed by atoms with Crippen LogP contribution < -0.4 is 0 Å². The Morgan fingerprint density at radius 3 is 1.41 bits per heavy atom. The largest absolute Gasteiger partial charge is 0.456 e. The molecule has 0 atom stereocenters. The van der Waals surface area contributed by atoms with Crippen LogP contribution in [0.3, 0.4) is 0 Å². The standard InChI is InChI=1S/C51H32N4O/c1-4-12-33(13-5-1)34-20-22-36(23-21-34)50-52-49(35-14-6-2-7-15-35)53-51(54-50)39-26-29-48-44(32-39)43-31-38(25-28-47(43)56-48)37-24-27-46-42(30-37)41-18-10-11-19-45(41)55(46)40-16-8-3-9-17-40/h1-32H. The molecule has 0 saturated heterocycles. The number of benzene rings is 8. The first-order chi connectivity index (χ1) is 27.7. The van der Waals surface area contributed by atoms with Crippen LogP contribution in [0.4, 0.5) is 0 Å². The maximum Gasteiger partial charge on any atom is 0.164 e. The molecule has 5 heteroatoms. The molecule has 0 aliphatic carbocycles. The van der Waals surface area contributed by atoms with E-state index in [4.69, 9.17) is 19.4 Å². The van der Waals surface area contributed by atoms with Crippen LogP contribution in [-0.2, 0) is 0 Å². The molecule has 56 heavy (non-hydrogen) atoms. The summed E-state index contributed by atoms with van der Waals surface area (Å²) >= 11 is 0. The van der Waals surface area contributed by atoms with Gasteiger partial charge >= 0.3 is 0 Å². The van der Waals surface area contributed by atoms with Gasteiger partial charge in [-0.15, -0.1) is 0 Å². The molecule has 0 fully saturated rings. The minimum atomic E-state index is 0.605. The van der Waals surface area contributed by atoms with Crippen molar-refractivity contribution in [1.82, 2.24) is 19.5 Å². The van der Waals surface area contributed by atoms with E-state index in [1.54, 1.807) is 0 Å². The summed E-state index contributed by atoms with van der Waals surface area (Å²) in [5.41, 5.74) is 12.5. The van der Waals surface area contributed by atoms with Crippen LogP contribution >= 0.6 is 0 Å². The summed E-state index contributed by atoms with van der Waals surface area (Å²) in [7, 11) is 0. The quantitative estimate of drug-likeness (QED) is 0.172. The van der Waals surface area contributed by atoms with E-state index >= 15 is 0 Å². The summed E-state index contributed by atoms with van der Waals surface area (Å²) in [6.45, 7) is 0. The zero-order valence-corrected chi connectivity index (χ0v) is 30.2. The second-order valence-corrected chi connectivity index (χ2v) is 14.1. The second-order valence-electron chi connectivity index (χ2n) is 14.1. The van der Waals surface area contributed by atoms with Gasteiger partial charge in [0.1, 0.15) is 11.2 Å². The molecule has 8 aromatic carbocycles. The van der Waals surface area contributed by atoms with Crippen molar-refractivity contribution in [3.63, 3.8) is 0 Å². The van der Waals surface area contributed by atoms with Crippen molar-refractivity contribution in [3.05, 3.63) is 194 Å². The van der Waals surface area contributed by atoms with Crippen LogP contribution in [0.5, 0.6) is 0 Å². The maximum absolute atomic E-state index is 6.39. The number of nitrogens with zero attached hydrogens (tertiary/aromatic N) is 4. The first kappa shape index (κ1) is 31.9. The van der Waals surface area contributed by atoms with Gasteiger partial charge < -0.3 is 8.98 Å². The predicted octanol–water partition coefficient (Wildman–Crippen LogP) is 13.2. The highest BCUT2D eigenvalue weighted by molar-refractivity contribution is 6.11. The first-order valence-corrected chi connectivity index (χ1v) is 18.8. The van der Waals surface area contributed by atoms with Crippen LogP contribution in [-0.4, -0.2) is 19.5 Å². The van der Waals surface area contributed by atoms with Crippen LogP contribution in [0.2, 0.25) is 0 Å². The monoisotopic (exact) mass is 716 g/mol. The van der Waals surface area contributed by atoms with E-state index in [0.717, 1.165) is 61.0 Å². The third kappa shape index (κ3) is 5.45. The van der Waals surface area contributed by atoms with E-state index in [2.05, 4.69) is 150 Å². The normalized spacial score (nSPS) is 11.6. The summed E-state index contributed by atoms with van der Waals surface area (Å²) in [5, 5.41) is 4.50. The lowest BCUT2D eigenvalue weighted by atomic mass is 10.00. The van der Waals surface area contributed by atoms with Gasteiger partial charge in [-0.05, 0) is 82.9 Å². The van der Waals surface area contributed by atoms with Crippen LogP contribution in [0.15, 0.2) is 199 Å². The van der Waals surface area contributed by atoms with Crippen LogP contribution in [0.25, 0.3) is 106 Å². The molecule has 5 nitrogen and oxygen atoms in total. The smallest absolute Gasteiger partial charge is 0.164 e. The molecular weight excluding hydrogens is 685 g/mol. The highest BCUT2D eigenvalue weighted by Crippen LogP contribution is 2.38. The second kappa shape index (κ2) is 13.0. The number of fused-ring (bicyclic) bond motifs is 6. The summed E-state index contributed by atoms with van der Waals surface area (Å²) in [4.78, 5) is 15.1. The number of hydrogen-bond donors (Lipinski definition) is 0. The van der Waals surface area contributed by atoms with Crippen LogP contribution in [0.1, 0.15) is 0 Å². The topological polar surface area (TPSA) is 56.7 Å². The summed E-state index contributed by atoms with van der Waals surface area (Å²) < 4.78 is 8.74. The van der Waals surface area contributed by atoms with Gasteiger partial charge in [-0.2, -0.15) is 0 Å². The Bertz CT molecular complexity index is 3220. The Labute approximate surface area is 322 Å². The zero-order valence-electron chi connectivity index (χ0n) is 30.2. The van der Waals surface area contributed by atoms with Gasteiger partial charge in [0.2, 0.25) is 0 Å². The number of hydrogen-bond acceptors (Lipinski definition) is 4. The van der Waals surface area contributed by atoms with Crippen molar-refractivity contribution >= 4 is 43.7 Å². The van der Waals surface area contributed by atoms with Gasteiger partial charge in [0.05, 0.1) is 11.0 Å². The minimum absolute atomic E-state index is 0.605. The molecule has 0 spiro atoms. The highest BCUT2D eigenvalue weighted by atomic mass is 16.3. The molecule has 0 aliphatic rings. The van der Waals surface area contributed by atoms with Crippen molar-refractivity contribution in [2.75, 3.05) is 0 Å². The van der Waals surface area contributed by atoms with Crippen molar-refractivity contribution < 1.29 is 4.42 Å². The zero-order chi connectivity index (χ0) is 37.0. The van der Waals surface area contributed by atoms with E-state index in [1.807, 2.05) is 48.5 Å². The molecule has 11 aromatic rings. The molecule has 0 N–H and O–H groups in total. The fourth-order valence-corrected chi connectivity index (χ4v) is 7.90. The molecule has 0 aliphatic heterocycles. The Morgan fingerprint density at radius 1 is 0.304 bits per heavy atom. The predicted molar refractivity (Wildman–Crippen MR) is 229 cm³/mol. The first-order valence-electron chi connectivity index (χ1n) is 18.8. The fraction of sp³-hybridized carbons (Fsp3) is 0. The number of para-hydroxylation sites is 2. The molecule has 0 bridgehead atoms. The maximum atomic E-state index is 6.39. The van der Waals surface area contributed by atoms with Gasteiger partial charge in [0.25, 0.3) is 0 Å². The van der Waals surface area contributed by atoms with E-state index in [9.17, 15) is 0 Å². The molecule has 0 unspecified atom stereocenters. The molecule has 262 valence electrons. The van der Waals surface area contributed by atoms with Crippen molar-refractivity contribution in [3.8, 4) is 62.1 Å². The Balaban J connectivity index is 1.02. The van der Waals surface area contributed by atoms with Crippen molar-refractivity contribution in [2.24, 2.45) is 0 Å². The van der Waals surface area contributed by atoms with Crippen molar-refractivity contribution in [1.29, 1.82) is 0 Å². The lowest BCUT2D eigenvalue weighted by Crippen LogP contribution is -2.00. The van der Waals surface area contributed by atoms with Gasteiger partial charge in [-0.1, -0.05) is 133 Å². The molecule has 3 aromatic heterocycles. The average Bonchev–Trinajstić information content (AvgIpc) is 3.82. The average molecular weight is 717 g/mol. The van der Waals surface area contributed by atoms with E-state index < -0.39 is 0 Å². The molecule has 3 heterocycles. The lowest BCUT2D eigenvalue weighted by Gasteiger charge is -2.09. The number of furan rings is 1. The van der Waals surface area contributed by atoms with Crippen LogP contribution in [0, 0.1) is 0 Å². The van der Waals surface area contributed by atoms with E-state index in [1.165, 1.54) is 27.4 Å². The summed E-state index contributed by atoms with van der Waals surface area (Å²) in [5.74, 6) is 1.85. The SMILES string of the molecule is c1ccc(-c2ccc(-c3nc(-c4ccccc4)nc(-c4ccc5oc6ccc(-c7ccc8c(c7)c7ccccc7n8-c7ccccc7)cc6c5c4)n3)cc2)cc1. The Morgan fingerprint density at radius 2 is 0.732 bits per heavy atom. The molecule has 11 rings (SSSR count). The molecule has 0 radical (unpaired) electrons. The van der Waals surface area contributed by atoms with E-state index in [0.29, 0.717) is 17.5 Å². The third-order valence-electron chi connectivity index (χ3n) is 10.7. The van der Waals surface area contributed by atoms with Gasteiger partial charge in [-0.3, -0.25) is 0 Å². The fourth-order valence-electron chi connectivity index (χ4n) is 7.90.